The van der Waals surface area contributed by atoms with Gasteiger partial charge in [-0.05, 0) is 43.7 Å². The topological polar surface area (TPSA) is 108 Å². The highest BCUT2D eigenvalue weighted by atomic mass is 19.1. The first-order valence-electron chi connectivity index (χ1n) is 15.0. The number of nitrogens with zero attached hydrogens (tertiary/aromatic N) is 4. The second kappa shape index (κ2) is 13.6. The molecule has 6 rings (SSSR count). The Bertz CT molecular complexity index is 1830. The number of hydrogen-bond acceptors (Lipinski definition) is 10. The number of hydrogen-bond donors (Lipinski definition) is 0. The van der Waals surface area contributed by atoms with E-state index in [1.807, 2.05) is 54.4 Å². The highest BCUT2D eigenvalue weighted by Crippen LogP contribution is 2.40. The monoisotopic (exact) mass is 642 g/mol. The lowest BCUT2D eigenvalue weighted by atomic mass is 10.2. The fourth-order valence-corrected chi connectivity index (χ4v) is 5.04. The van der Waals surface area contributed by atoms with Crippen molar-refractivity contribution in [3.63, 3.8) is 0 Å². The van der Waals surface area contributed by atoms with Crippen LogP contribution in [0.15, 0.2) is 77.8 Å². The minimum Gasteiger partial charge on any atom is -0.485 e. The van der Waals surface area contributed by atoms with Crippen molar-refractivity contribution in [1.29, 1.82) is 5.26 Å². The highest BCUT2D eigenvalue weighted by molar-refractivity contribution is 5.99. The molecule has 1 aromatic heterocycles. The molecule has 1 fully saturated rings. The van der Waals surface area contributed by atoms with Crippen LogP contribution in [0.1, 0.15) is 30.5 Å². The van der Waals surface area contributed by atoms with Gasteiger partial charge < -0.3 is 33.3 Å². The quantitative estimate of drug-likeness (QED) is 0.178. The molecule has 0 amide bonds. The number of benzene rings is 3. The lowest BCUT2D eigenvalue weighted by molar-refractivity contribution is -0.141. The average molecular weight is 643 g/mol. The van der Waals surface area contributed by atoms with E-state index in [4.69, 9.17) is 28.4 Å². The van der Waals surface area contributed by atoms with E-state index in [0.29, 0.717) is 6.54 Å². The lowest BCUT2D eigenvalue weighted by Crippen LogP contribution is -2.25. The number of aliphatic imine (C=N–C) groups is 1. The number of amidine groups is 1. The number of likely N-dealkylation sites (N-methyl/N-ethyl adjacent to an activating group) is 1. The summed E-state index contributed by atoms with van der Waals surface area (Å²) in [6, 6.07) is 22.7. The van der Waals surface area contributed by atoms with Gasteiger partial charge in [-0.1, -0.05) is 42.5 Å². The molecule has 0 spiro atoms. The minimum atomic E-state index is -1.22. The van der Waals surface area contributed by atoms with Gasteiger partial charge in [0.15, 0.2) is 17.3 Å². The Hall–Kier alpha value is -5.25. The Morgan fingerprint density at radius 1 is 0.957 bits per heavy atom. The summed E-state index contributed by atoms with van der Waals surface area (Å²) in [5.41, 5.74) is 1.85. The molecule has 0 saturated carbocycles. The van der Waals surface area contributed by atoms with Crippen LogP contribution in [0.2, 0.25) is 0 Å². The Balaban J connectivity index is 1.34. The molecule has 10 nitrogen and oxygen atoms in total. The molecule has 0 aliphatic carbocycles. The molecular weight excluding hydrogens is 610 g/mol. The van der Waals surface area contributed by atoms with Gasteiger partial charge in [0.2, 0.25) is 17.4 Å². The van der Waals surface area contributed by atoms with Crippen molar-refractivity contribution in [3.8, 4) is 40.8 Å². The van der Waals surface area contributed by atoms with E-state index in [1.54, 1.807) is 32.0 Å². The van der Waals surface area contributed by atoms with Crippen LogP contribution in [-0.2, 0) is 16.1 Å². The van der Waals surface area contributed by atoms with Gasteiger partial charge >= 0.3 is 0 Å². The summed E-state index contributed by atoms with van der Waals surface area (Å²) in [6.45, 7) is 5.00. The van der Waals surface area contributed by atoms with Gasteiger partial charge in [0.25, 0.3) is 11.8 Å². The second-order valence-electron chi connectivity index (χ2n) is 11.3. The summed E-state index contributed by atoms with van der Waals surface area (Å²) in [5, 5.41) is 9.54. The zero-order chi connectivity index (χ0) is 33.0. The summed E-state index contributed by atoms with van der Waals surface area (Å²) >= 11 is 0. The van der Waals surface area contributed by atoms with E-state index in [1.165, 1.54) is 18.2 Å². The van der Waals surface area contributed by atoms with Crippen LogP contribution in [0.3, 0.4) is 0 Å². The van der Waals surface area contributed by atoms with Crippen LogP contribution in [-0.4, -0.2) is 61.0 Å². The first-order chi connectivity index (χ1) is 22.7. The maximum absolute atomic E-state index is 16.0. The first kappa shape index (κ1) is 31.7. The normalized spacial score (nSPS) is 16.8. The molecule has 3 aromatic carbocycles. The molecule has 1 atom stereocenters. The Kier molecular flexibility index (Phi) is 9.19. The van der Waals surface area contributed by atoms with Crippen LogP contribution in [0.4, 0.5) is 8.78 Å². The van der Waals surface area contributed by atoms with Crippen molar-refractivity contribution in [2.75, 3.05) is 33.4 Å². The third-order valence-corrected chi connectivity index (χ3v) is 7.34. The molecule has 0 unspecified atom stereocenters. The Morgan fingerprint density at radius 3 is 2.45 bits per heavy atom. The number of nitriles is 1. The smallest absolute Gasteiger partial charge is 0.263 e. The SMILES string of the molecule is CN1CCN=C1c1cccc(Oc2nc(Oc3cc(C#N)ccc3OCc3ccccc3)c(F)c(OC[C@H]3COC(C)(C)O3)c2F)c1. The zero-order valence-electron chi connectivity index (χ0n) is 26.0. The van der Waals surface area contributed by atoms with Crippen LogP contribution in [0.5, 0.6) is 34.8 Å². The Morgan fingerprint density at radius 2 is 1.74 bits per heavy atom. The molecular formula is C35H32F2N4O6. The van der Waals surface area contributed by atoms with Crippen LogP contribution in [0.25, 0.3) is 0 Å². The largest absolute Gasteiger partial charge is 0.485 e. The van der Waals surface area contributed by atoms with E-state index < -0.39 is 41.0 Å². The van der Waals surface area contributed by atoms with Crippen molar-refractivity contribution in [2.24, 2.45) is 4.99 Å². The van der Waals surface area contributed by atoms with E-state index >= 15 is 8.78 Å². The molecule has 47 heavy (non-hydrogen) atoms. The average Bonchev–Trinajstić information content (AvgIpc) is 3.66. The number of aromatic nitrogens is 1. The predicted molar refractivity (Wildman–Crippen MR) is 167 cm³/mol. The number of pyridine rings is 1. The summed E-state index contributed by atoms with van der Waals surface area (Å²) in [5.74, 6) is -4.12. The van der Waals surface area contributed by atoms with Gasteiger partial charge in [-0.3, -0.25) is 4.99 Å². The molecule has 4 aromatic rings. The molecule has 3 heterocycles. The van der Waals surface area contributed by atoms with Gasteiger partial charge in [-0.2, -0.15) is 19.0 Å². The zero-order valence-corrected chi connectivity index (χ0v) is 26.0. The number of halogens is 2. The third kappa shape index (κ3) is 7.43. The predicted octanol–water partition coefficient (Wildman–Crippen LogP) is 6.62. The van der Waals surface area contributed by atoms with Crippen LogP contribution < -0.4 is 18.9 Å². The van der Waals surface area contributed by atoms with Crippen molar-refractivity contribution < 1.29 is 37.2 Å². The summed E-state index contributed by atoms with van der Waals surface area (Å²) in [6.07, 6.45) is -0.586. The van der Waals surface area contributed by atoms with Gasteiger partial charge in [-0.15, -0.1) is 0 Å². The molecule has 2 aliphatic heterocycles. The van der Waals surface area contributed by atoms with Crippen LogP contribution >= 0.6 is 0 Å². The number of ether oxygens (including phenoxy) is 6. The van der Waals surface area contributed by atoms with Gasteiger partial charge in [0.1, 0.15) is 30.9 Å². The summed E-state index contributed by atoms with van der Waals surface area (Å²) in [7, 11) is 1.92. The molecule has 0 bridgehead atoms. The third-order valence-electron chi connectivity index (χ3n) is 7.34. The van der Waals surface area contributed by atoms with Gasteiger partial charge in [0, 0.05) is 25.2 Å². The minimum absolute atomic E-state index is 0.0200. The van der Waals surface area contributed by atoms with Crippen molar-refractivity contribution in [1.82, 2.24) is 9.88 Å². The maximum atomic E-state index is 16.0. The van der Waals surface area contributed by atoms with E-state index in [2.05, 4.69) is 9.98 Å². The second-order valence-corrected chi connectivity index (χ2v) is 11.3. The summed E-state index contributed by atoms with van der Waals surface area (Å²) in [4.78, 5) is 10.6. The molecule has 0 radical (unpaired) electrons. The Labute approximate surface area is 270 Å². The van der Waals surface area contributed by atoms with Crippen molar-refractivity contribution in [2.45, 2.75) is 32.3 Å². The van der Waals surface area contributed by atoms with Crippen molar-refractivity contribution >= 4 is 5.84 Å². The standard InChI is InChI=1S/C35H32F2N4O6/c1-35(2)44-21-26(47-35)20-43-31-29(36)33(45-25-11-7-10-24(17-25)32-39-14-15-41(32)3)40-34(30(31)37)46-28-16-23(18-38)12-13-27(28)42-19-22-8-5-4-6-9-22/h4-13,16-17,26H,14-15,19-21H2,1-3H3/t26-/m0/s1. The molecule has 242 valence electrons. The van der Waals surface area contributed by atoms with Crippen LogP contribution in [0, 0.1) is 23.0 Å². The molecule has 12 heteroatoms. The summed E-state index contributed by atoms with van der Waals surface area (Å²) < 4.78 is 66.7. The molecule has 1 saturated heterocycles. The molecule has 2 aliphatic rings. The lowest BCUT2D eigenvalue weighted by Gasteiger charge is -2.19. The van der Waals surface area contributed by atoms with Gasteiger partial charge in [0.05, 0.1) is 24.8 Å². The molecule has 0 N–H and O–H groups in total. The van der Waals surface area contributed by atoms with Gasteiger partial charge in [-0.25, -0.2) is 0 Å². The van der Waals surface area contributed by atoms with E-state index in [-0.39, 0.29) is 42.6 Å². The van der Waals surface area contributed by atoms with Crippen molar-refractivity contribution in [3.05, 3.63) is 101 Å². The fraction of sp³-hybridized carbons (Fsp3) is 0.286. The highest BCUT2D eigenvalue weighted by Gasteiger charge is 2.34. The number of rotatable bonds is 11. The fourth-order valence-electron chi connectivity index (χ4n) is 5.04. The first-order valence-corrected chi connectivity index (χ1v) is 15.0. The van der Waals surface area contributed by atoms with E-state index in [9.17, 15) is 5.26 Å². The maximum Gasteiger partial charge on any atom is 0.263 e. The van der Waals surface area contributed by atoms with E-state index in [0.717, 1.165) is 23.5 Å².